The molecule has 0 bridgehead atoms. The fourth-order valence-electron chi connectivity index (χ4n) is 2.83. The van der Waals surface area contributed by atoms with E-state index in [2.05, 4.69) is 38.7 Å². The highest BCUT2D eigenvalue weighted by molar-refractivity contribution is 7.09. The molecule has 2 aromatic heterocycles. The van der Waals surface area contributed by atoms with Crippen molar-refractivity contribution in [1.82, 2.24) is 24.3 Å². The summed E-state index contributed by atoms with van der Waals surface area (Å²) >= 11 is 1.81. The molecule has 22 heavy (non-hydrogen) atoms. The van der Waals surface area contributed by atoms with Crippen LogP contribution in [-0.4, -0.2) is 50.5 Å². The molecule has 1 fully saturated rings. The lowest BCUT2D eigenvalue weighted by molar-refractivity contribution is 0.118. The summed E-state index contributed by atoms with van der Waals surface area (Å²) < 4.78 is 2.11. The van der Waals surface area contributed by atoms with Gasteiger partial charge in [0, 0.05) is 57.5 Å². The maximum Gasteiger partial charge on any atom is 0.122 e. The summed E-state index contributed by atoms with van der Waals surface area (Å²) in [5.74, 6) is 1.15. The van der Waals surface area contributed by atoms with Crippen molar-refractivity contribution >= 4 is 11.3 Å². The molecule has 1 saturated heterocycles. The minimum atomic E-state index is 0.953. The molecule has 0 unspecified atom stereocenters. The van der Waals surface area contributed by atoms with Gasteiger partial charge >= 0.3 is 0 Å². The summed E-state index contributed by atoms with van der Waals surface area (Å²) in [6, 6.07) is 0. The average Bonchev–Trinajstić information content (AvgIpc) is 3.12. The molecule has 1 aliphatic heterocycles. The Bertz CT molecular complexity index is 583. The molecule has 0 saturated carbocycles. The molecule has 120 valence electrons. The van der Waals surface area contributed by atoms with E-state index >= 15 is 0 Å². The third-order valence-electron chi connectivity index (χ3n) is 4.20. The van der Waals surface area contributed by atoms with E-state index in [4.69, 9.17) is 4.98 Å². The number of imidazole rings is 1. The first kappa shape index (κ1) is 15.6. The predicted octanol–water partition coefficient (Wildman–Crippen LogP) is 2.15. The first-order chi connectivity index (χ1) is 10.7. The Kier molecular flexibility index (Phi) is 5.23. The molecule has 0 radical (unpaired) electrons. The van der Waals surface area contributed by atoms with E-state index in [-0.39, 0.29) is 0 Å². The van der Waals surface area contributed by atoms with Crippen molar-refractivity contribution < 1.29 is 0 Å². The fraction of sp³-hybridized carbons (Fsp3) is 0.625. The van der Waals surface area contributed by atoms with Crippen molar-refractivity contribution in [2.45, 2.75) is 32.9 Å². The van der Waals surface area contributed by atoms with Crippen LogP contribution in [0.3, 0.4) is 0 Å². The maximum atomic E-state index is 4.74. The highest BCUT2D eigenvalue weighted by atomic mass is 32.1. The third kappa shape index (κ3) is 3.94. The zero-order valence-electron chi connectivity index (χ0n) is 13.5. The first-order valence-corrected chi connectivity index (χ1v) is 8.96. The van der Waals surface area contributed by atoms with Gasteiger partial charge in [0.15, 0.2) is 0 Å². The Balaban J connectivity index is 1.46. The number of nitrogens with zero attached hydrogens (tertiary/aromatic N) is 5. The molecular formula is C16H25N5S. The van der Waals surface area contributed by atoms with Crippen LogP contribution in [0.25, 0.3) is 0 Å². The standard InChI is InChI=1S/C16H25N5S/c1-3-4-16-18-14(13-22-16)11-20-7-9-21(10-8-20)12-15-17-5-6-19(15)2/h5-6,13H,3-4,7-12H2,1-2H3. The van der Waals surface area contributed by atoms with Crippen LogP contribution in [0.4, 0.5) is 0 Å². The second-order valence-corrected chi connectivity index (χ2v) is 6.93. The third-order valence-corrected chi connectivity index (χ3v) is 5.16. The van der Waals surface area contributed by atoms with Gasteiger partial charge in [-0.15, -0.1) is 11.3 Å². The van der Waals surface area contributed by atoms with Gasteiger partial charge in [0.25, 0.3) is 0 Å². The van der Waals surface area contributed by atoms with Crippen LogP contribution < -0.4 is 0 Å². The van der Waals surface area contributed by atoms with Crippen LogP contribution in [0.1, 0.15) is 29.9 Å². The Morgan fingerprint density at radius 1 is 1.14 bits per heavy atom. The highest BCUT2D eigenvalue weighted by Gasteiger charge is 2.19. The molecule has 2 aromatic rings. The predicted molar refractivity (Wildman–Crippen MR) is 89.9 cm³/mol. The maximum absolute atomic E-state index is 4.74. The largest absolute Gasteiger partial charge is 0.337 e. The second kappa shape index (κ2) is 7.35. The number of aryl methyl sites for hydroxylation is 2. The molecule has 3 rings (SSSR count). The average molecular weight is 319 g/mol. The normalized spacial score (nSPS) is 17.2. The summed E-state index contributed by atoms with van der Waals surface area (Å²) in [6.45, 7) is 8.61. The van der Waals surface area contributed by atoms with Gasteiger partial charge in [-0.1, -0.05) is 6.92 Å². The SMILES string of the molecule is CCCc1nc(CN2CCN(Cc3nccn3C)CC2)cs1. The molecule has 0 spiro atoms. The van der Waals surface area contributed by atoms with E-state index in [0.717, 1.165) is 51.5 Å². The van der Waals surface area contributed by atoms with E-state index < -0.39 is 0 Å². The Morgan fingerprint density at radius 2 is 1.86 bits per heavy atom. The van der Waals surface area contributed by atoms with Gasteiger partial charge < -0.3 is 4.57 Å². The number of hydrogen-bond donors (Lipinski definition) is 0. The molecule has 3 heterocycles. The minimum Gasteiger partial charge on any atom is -0.337 e. The van der Waals surface area contributed by atoms with Gasteiger partial charge in [-0.2, -0.15) is 0 Å². The number of thiazole rings is 1. The van der Waals surface area contributed by atoms with Crippen molar-refractivity contribution in [3.05, 3.63) is 34.3 Å². The monoisotopic (exact) mass is 319 g/mol. The molecule has 0 aromatic carbocycles. The van der Waals surface area contributed by atoms with E-state index in [9.17, 15) is 0 Å². The summed E-state index contributed by atoms with van der Waals surface area (Å²) in [5.41, 5.74) is 1.24. The Morgan fingerprint density at radius 3 is 2.50 bits per heavy atom. The van der Waals surface area contributed by atoms with Crippen molar-refractivity contribution in [1.29, 1.82) is 0 Å². The zero-order valence-corrected chi connectivity index (χ0v) is 14.3. The minimum absolute atomic E-state index is 0.953. The van der Waals surface area contributed by atoms with Crippen LogP contribution in [0.2, 0.25) is 0 Å². The van der Waals surface area contributed by atoms with Crippen LogP contribution in [0.5, 0.6) is 0 Å². The number of hydrogen-bond acceptors (Lipinski definition) is 5. The summed E-state index contributed by atoms with van der Waals surface area (Å²) in [7, 11) is 2.06. The van der Waals surface area contributed by atoms with E-state index in [0.29, 0.717) is 0 Å². The summed E-state index contributed by atoms with van der Waals surface area (Å²) in [5, 5.41) is 3.51. The number of aromatic nitrogens is 3. The Hall–Kier alpha value is -1.24. The molecule has 6 heteroatoms. The van der Waals surface area contributed by atoms with Gasteiger partial charge in [0.05, 0.1) is 17.2 Å². The van der Waals surface area contributed by atoms with E-state index in [1.807, 2.05) is 23.7 Å². The van der Waals surface area contributed by atoms with Gasteiger partial charge in [-0.05, 0) is 12.8 Å². The molecular weight excluding hydrogens is 294 g/mol. The van der Waals surface area contributed by atoms with E-state index in [1.165, 1.54) is 17.1 Å². The molecule has 0 atom stereocenters. The quantitative estimate of drug-likeness (QED) is 0.817. The van der Waals surface area contributed by atoms with Crippen LogP contribution in [0.15, 0.2) is 17.8 Å². The number of rotatable bonds is 6. The lowest BCUT2D eigenvalue weighted by Crippen LogP contribution is -2.45. The summed E-state index contributed by atoms with van der Waals surface area (Å²) in [6.07, 6.45) is 6.18. The second-order valence-electron chi connectivity index (χ2n) is 5.99. The zero-order chi connectivity index (χ0) is 15.4. The lowest BCUT2D eigenvalue weighted by Gasteiger charge is -2.34. The van der Waals surface area contributed by atoms with Crippen molar-refractivity contribution in [2.75, 3.05) is 26.2 Å². The van der Waals surface area contributed by atoms with Gasteiger partial charge in [0.2, 0.25) is 0 Å². The Labute approximate surface area is 136 Å². The van der Waals surface area contributed by atoms with Crippen molar-refractivity contribution in [2.24, 2.45) is 7.05 Å². The fourth-order valence-corrected chi connectivity index (χ4v) is 3.72. The highest BCUT2D eigenvalue weighted by Crippen LogP contribution is 2.15. The van der Waals surface area contributed by atoms with Crippen molar-refractivity contribution in [3.8, 4) is 0 Å². The van der Waals surface area contributed by atoms with Gasteiger partial charge in [-0.25, -0.2) is 9.97 Å². The van der Waals surface area contributed by atoms with Crippen LogP contribution in [0, 0.1) is 0 Å². The van der Waals surface area contributed by atoms with E-state index in [1.54, 1.807) is 0 Å². The topological polar surface area (TPSA) is 37.2 Å². The molecule has 0 N–H and O–H groups in total. The number of piperazine rings is 1. The molecule has 0 aliphatic carbocycles. The smallest absolute Gasteiger partial charge is 0.122 e. The first-order valence-electron chi connectivity index (χ1n) is 8.09. The molecule has 1 aliphatic rings. The molecule has 0 amide bonds. The van der Waals surface area contributed by atoms with Crippen LogP contribution in [-0.2, 0) is 26.6 Å². The lowest BCUT2D eigenvalue weighted by atomic mass is 10.3. The van der Waals surface area contributed by atoms with Gasteiger partial charge in [-0.3, -0.25) is 9.80 Å². The van der Waals surface area contributed by atoms with Crippen molar-refractivity contribution in [3.63, 3.8) is 0 Å². The molecule has 5 nitrogen and oxygen atoms in total. The van der Waals surface area contributed by atoms with Crippen LogP contribution >= 0.6 is 11.3 Å². The summed E-state index contributed by atoms with van der Waals surface area (Å²) in [4.78, 5) is 14.2. The van der Waals surface area contributed by atoms with Gasteiger partial charge in [0.1, 0.15) is 5.82 Å².